The monoisotopic (exact) mass is 295 g/mol. The van der Waals surface area contributed by atoms with Crippen molar-refractivity contribution in [2.24, 2.45) is 28.1 Å². The van der Waals surface area contributed by atoms with Crippen molar-refractivity contribution >= 4 is 11.7 Å². The molecule has 2 aliphatic carbocycles. The van der Waals surface area contributed by atoms with Gasteiger partial charge in [-0.25, -0.2) is 0 Å². The summed E-state index contributed by atoms with van der Waals surface area (Å²) in [6.07, 6.45) is 9.37. The molecular formula is C16H29N3O2. The van der Waals surface area contributed by atoms with E-state index in [-0.39, 0.29) is 11.7 Å². The molecule has 0 aromatic heterocycles. The van der Waals surface area contributed by atoms with Crippen LogP contribution in [0.1, 0.15) is 64.7 Å². The molecule has 1 amide bonds. The summed E-state index contributed by atoms with van der Waals surface area (Å²) in [6, 6.07) is 0. The SMILES string of the molecule is CC1CCCC(CNC(=O)C2(C(N)=NO)CCCCC2)C1. The third kappa shape index (κ3) is 3.69. The second kappa shape index (κ2) is 7.14. The Morgan fingerprint density at radius 1 is 1.29 bits per heavy atom. The Balaban J connectivity index is 1.95. The Kier molecular flexibility index (Phi) is 5.48. The zero-order chi connectivity index (χ0) is 15.3. The lowest BCUT2D eigenvalue weighted by Gasteiger charge is -2.35. The molecule has 0 heterocycles. The van der Waals surface area contributed by atoms with Crippen LogP contribution in [0.2, 0.25) is 0 Å². The van der Waals surface area contributed by atoms with Gasteiger partial charge in [-0.2, -0.15) is 0 Å². The summed E-state index contributed by atoms with van der Waals surface area (Å²) in [5.41, 5.74) is 5.07. The van der Waals surface area contributed by atoms with Gasteiger partial charge in [-0.15, -0.1) is 0 Å². The van der Waals surface area contributed by atoms with Crippen LogP contribution in [-0.4, -0.2) is 23.5 Å². The predicted molar refractivity (Wildman–Crippen MR) is 83.1 cm³/mol. The number of amidine groups is 1. The van der Waals surface area contributed by atoms with Crippen LogP contribution in [-0.2, 0) is 4.79 Å². The van der Waals surface area contributed by atoms with Crippen LogP contribution in [0.25, 0.3) is 0 Å². The zero-order valence-corrected chi connectivity index (χ0v) is 13.1. The van der Waals surface area contributed by atoms with Gasteiger partial charge in [0, 0.05) is 6.54 Å². The van der Waals surface area contributed by atoms with Crippen molar-refractivity contribution in [1.82, 2.24) is 5.32 Å². The first-order valence-corrected chi connectivity index (χ1v) is 8.35. The number of amides is 1. The minimum absolute atomic E-state index is 0.0456. The van der Waals surface area contributed by atoms with E-state index in [9.17, 15) is 4.79 Å². The molecule has 2 rings (SSSR count). The number of nitrogens with zero attached hydrogens (tertiary/aromatic N) is 1. The first-order valence-electron chi connectivity index (χ1n) is 8.35. The van der Waals surface area contributed by atoms with E-state index in [0.717, 1.165) is 31.7 Å². The van der Waals surface area contributed by atoms with E-state index < -0.39 is 5.41 Å². The molecule has 0 aromatic carbocycles. The number of rotatable bonds is 4. The largest absolute Gasteiger partial charge is 0.409 e. The van der Waals surface area contributed by atoms with E-state index in [0.29, 0.717) is 18.8 Å². The van der Waals surface area contributed by atoms with Crippen molar-refractivity contribution < 1.29 is 10.0 Å². The highest BCUT2D eigenvalue weighted by molar-refractivity contribution is 6.06. The van der Waals surface area contributed by atoms with Gasteiger partial charge >= 0.3 is 0 Å². The quantitative estimate of drug-likeness (QED) is 0.322. The Labute approximate surface area is 127 Å². The van der Waals surface area contributed by atoms with Crippen LogP contribution in [0.3, 0.4) is 0 Å². The fourth-order valence-electron chi connectivity index (χ4n) is 4.00. The average molecular weight is 295 g/mol. The summed E-state index contributed by atoms with van der Waals surface area (Å²) in [5.74, 6) is 1.37. The third-order valence-electron chi connectivity index (χ3n) is 5.34. The normalized spacial score (nSPS) is 29.9. The standard InChI is InChI=1S/C16H29N3O2/c1-12-6-5-7-13(10-12)11-18-15(20)16(14(17)19-21)8-3-2-4-9-16/h12-13,21H,2-11H2,1H3,(H2,17,19)(H,18,20). The van der Waals surface area contributed by atoms with E-state index in [1.54, 1.807) is 0 Å². The number of oxime groups is 1. The van der Waals surface area contributed by atoms with Gasteiger partial charge in [0.2, 0.25) is 5.91 Å². The van der Waals surface area contributed by atoms with Crippen LogP contribution in [0, 0.1) is 17.3 Å². The number of nitrogens with one attached hydrogen (secondary N) is 1. The van der Waals surface area contributed by atoms with Gasteiger partial charge in [0.1, 0.15) is 5.41 Å². The number of carbonyl (C=O) groups is 1. The second-order valence-electron chi connectivity index (χ2n) is 6.98. The van der Waals surface area contributed by atoms with E-state index in [2.05, 4.69) is 17.4 Å². The smallest absolute Gasteiger partial charge is 0.233 e. The fourth-order valence-corrected chi connectivity index (χ4v) is 4.00. The molecule has 120 valence electrons. The third-order valence-corrected chi connectivity index (χ3v) is 5.34. The molecule has 0 spiro atoms. The van der Waals surface area contributed by atoms with Crippen molar-refractivity contribution in [2.75, 3.05) is 6.54 Å². The van der Waals surface area contributed by atoms with Gasteiger partial charge < -0.3 is 16.3 Å². The maximum Gasteiger partial charge on any atom is 0.233 e. The molecule has 0 aromatic rings. The Hall–Kier alpha value is -1.26. The molecule has 0 radical (unpaired) electrons. The number of carbonyl (C=O) groups excluding carboxylic acids is 1. The van der Waals surface area contributed by atoms with Gasteiger partial charge in [-0.3, -0.25) is 4.79 Å². The molecular weight excluding hydrogens is 266 g/mol. The van der Waals surface area contributed by atoms with Crippen LogP contribution in [0.15, 0.2) is 5.16 Å². The first-order chi connectivity index (χ1) is 10.1. The summed E-state index contributed by atoms with van der Waals surface area (Å²) in [7, 11) is 0. The minimum Gasteiger partial charge on any atom is -0.409 e. The average Bonchev–Trinajstić information content (AvgIpc) is 2.52. The van der Waals surface area contributed by atoms with Gasteiger partial charge in [0.25, 0.3) is 0 Å². The maximum atomic E-state index is 12.7. The zero-order valence-electron chi connectivity index (χ0n) is 13.1. The molecule has 2 unspecified atom stereocenters. The predicted octanol–water partition coefficient (Wildman–Crippen LogP) is 2.63. The highest BCUT2D eigenvalue weighted by atomic mass is 16.4. The Morgan fingerprint density at radius 2 is 2.00 bits per heavy atom. The summed E-state index contributed by atoms with van der Waals surface area (Å²) < 4.78 is 0. The summed E-state index contributed by atoms with van der Waals surface area (Å²) in [6.45, 7) is 3.01. The lowest BCUT2D eigenvalue weighted by atomic mass is 9.72. The van der Waals surface area contributed by atoms with Gasteiger partial charge in [0.05, 0.1) is 0 Å². The van der Waals surface area contributed by atoms with Crippen LogP contribution < -0.4 is 11.1 Å². The molecule has 2 saturated carbocycles. The van der Waals surface area contributed by atoms with Crippen molar-refractivity contribution in [3.8, 4) is 0 Å². The van der Waals surface area contributed by atoms with Crippen molar-refractivity contribution in [3.63, 3.8) is 0 Å². The van der Waals surface area contributed by atoms with E-state index in [1.807, 2.05) is 0 Å². The second-order valence-corrected chi connectivity index (χ2v) is 6.98. The molecule has 2 aliphatic rings. The van der Waals surface area contributed by atoms with Crippen molar-refractivity contribution in [1.29, 1.82) is 0 Å². The molecule has 21 heavy (non-hydrogen) atoms. The van der Waals surface area contributed by atoms with Crippen LogP contribution in [0.5, 0.6) is 0 Å². The Bertz CT molecular complexity index is 389. The molecule has 5 nitrogen and oxygen atoms in total. The number of hydrogen-bond donors (Lipinski definition) is 3. The van der Waals surface area contributed by atoms with Gasteiger partial charge in [-0.05, 0) is 37.5 Å². The molecule has 0 bridgehead atoms. The highest BCUT2D eigenvalue weighted by Crippen LogP contribution is 2.37. The van der Waals surface area contributed by atoms with Crippen molar-refractivity contribution in [3.05, 3.63) is 0 Å². The number of nitrogens with two attached hydrogens (primary N) is 1. The molecule has 4 N–H and O–H groups in total. The maximum absolute atomic E-state index is 12.7. The lowest BCUT2D eigenvalue weighted by Crippen LogP contribution is -2.51. The summed E-state index contributed by atoms with van der Waals surface area (Å²) >= 11 is 0. The topological polar surface area (TPSA) is 87.7 Å². The van der Waals surface area contributed by atoms with Crippen LogP contribution in [0.4, 0.5) is 0 Å². The minimum atomic E-state index is -0.784. The van der Waals surface area contributed by atoms with E-state index >= 15 is 0 Å². The van der Waals surface area contributed by atoms with E-state index in [4.69, 9.17) is 10.9 Å². The van der Waals surface area contributed by atoms with Crippen molar-refractivity contribution in [2.45, 2.75) is 64.7 Å². The summed E-state index contributed by atoms with van der Waals surface area (Å²) in [4.78, 5) is 12.7. The molecule has 0 saturated heterocycles. The van der Waals surface area contributed by atoms with Crippen LogP contribution >= 0.6 is 0 Å². The highest BCUT2D eigenvalue weighted by Gasteiger charge is 2.43. The Morgan fingerprint density at radius 3 is 2.62 bits per heavy atom. The van der Waals surface area contributed by atoms with E-state index in [1.165, 1.54) is 25.7 Å². The molecule has 0 aliphatic heterocycles. The number of hydrogen-bond acceptors (Lipinski definition) is 3. The molecule has 2 atom stereocenters. The summed E-state index contributed by atoms with van der Waals surface area (Å²) in [5, 5.41) is 15.3. The van der Waals surface area contributed by atoms with Gasteiger partial charge in [0.15, 0.2) is 5.84 Å². The fraction of sp³-hybridized carbons (Fsp3) is 0.875. The lowest BCUT2D eigenvalue weighted by molar-refractivity contribution is -0.129. The van der Waals surface area contributed by atoms with Gasteiger partial charge in [-0.1, -0.05) is 44.2 Å². The first kappa shape index (κ1) is 16.1. The molecule has 2 fully saturated rings. The molecule has 5 heteroatoms.